The third kappa shape index (κ3) is 6.79. The lowest BCUT2D eigenvalue weighted by Crippen LogP contribution is -2.50. The highest BCUT2D eigenvalue weighted by molar-refractivity contribution is 9.10. The predicted octanol–water partition coefficient (Wildman–Crippen LogP) is 5.11. The summed E-state index contributed by atoms with van der Waals surface area (Å²) in [5.74, 6) is -0.947. The molecule has 0 spiro atoms. The molecule has 3 rings (SSSR count). The van der Waals surface area contributed by atoms with Crippen molar-refractivity contribution in [2.45, 2.75) is 24.4 Å². The van der Waals surface area contributed by atoms with Gasteiger partial charge in [-0.1, -0.05) is 57.3 Å². The van der Waals surface area contributed by atoms with E-state index in [9.17, 15) is 18.0 Å². The van der Waals surface area contributed by atoms with Crippen molar-refractivity contribution >= 4 is 66.7 Å². The fraction of sp³-hybridized carbons (Fsp3) is 0.200. The summed E-state index contributed by atoms with van der Waals surface area (Å²) < 4.78 is 29.1. The highest BCUT2D eigenvalue weighted by Crippen LogP contribution is 2.27. The summed E-state index contributed by atoms with van der Waals surface area (Å²) in [6.45, 7) is 1.13. The molecule has 0 unspecified atom stereocenters. The van der Waals surface area contributed by atoms with Gasteiger partial charge in [-0.2, -0.15) is 0 Å². The van der Waals surface area contributed by atoms with E-state index in [1.165, 1.54) is 42.3 Å². The van der Waals surface area contributed by atoms with Crippen molar-refractivity contribution in [3.8, 4) is 0 Å². The lowest BCUT2D eigenvalue weighted by molar-refractivity contribution is -0.139. The number of likely N-dealkylation sites (N-methyl/N-ethyl adjacent to an activating group) is 1. The zero-order valence-electron chi connectivity index (χ0n) is 19.5. The zero-order valence-corrected chi connectivity index (χ0v) is 23.4. The van der Waals surface area contributed by atoms with Gasteiger partial charge in [0.25, 0.3) is 10.0 Å². The number of hydrogen-bond donors (Lipinski definition) is 1. The van der Waals surface area contributed by atoms with E-state index in [1.807, 2.05) is 24.3 Å². The van der Waals surface area contributed by atoms with Crippen molar-refractivity contribution in [1.82, 2.24) is 10.2 Å². The monoisotopic (exact) mass is 611 g/mol. The van der Waals surface area contributed by atoms with E-state index < -0.39 is 28.5 Å². The quantitative estimate of drug-likeness (QED) is 0.364. The fourth-order valence-electron chi connectivity index (χ4n) is 3.52. The summed E-state index contributed by atoms with van der Waals surface area (Å²) >= 11 is 15.5. The number of nitrogens with zero attached hydrogens (tertiary/aromatic N) is 2. The Kier molecular flexibility index (Phi) is 9.41. The van der Waals surface area contributed by atoms with Gasteiger partial charge in [-0.15, -0.1) is 0 Å². The molecule has 3 aromatic carbocycles. The lowest BCUT2D eigenvalue weighted by atomic mass is 10.1. The molecule has 36 heavy (non-hydrogen) atoms. The molecule has 190 valence electrons. The van der Waals surface area contributed by atoms with Crippen molar-refractivity contribution in [1.29, 1.82) is 0 Å². The molecule has 1 atom stereocenters. The van der Waals surface area contributed by atoms with Crippen LogP contribution in [0.4, 0.5) is 5.69 Å². The summed E-state index contributed by atoms with van der Waals surface area (Å²) in [6.07, 6.45) is 0. The molecule has 0 aliphatic heterocycles. The number of benzene rings is 3. The summed E-state index contributed by atoms with van der Waals surface area (Å²) in [5, 5.41) is 3.23. The van der Waals surface area contributed by atoms with Crippen LogP contribution in [0.25, 0.3) is 0 Å². The van der Waals surface area contributed by atoms with Crippen molar-refractivity contribution in [2.24, 2.45) is 0 Å². The minimum Gasteiger partial charge on any atom is -0.357 e. The van der Waals surface area contributed by atoms with Gasteiger partial charge in [-0.25, -0.2) is 8.42 Å². The molecule has 11 heteroatoms. The van der Waals surface area contributed by atoms with E-state index in [0.717, 1.165) is 14.3 Å². The minimum absolute atomic E-state index is 0.0439. The first kappa shape index (κ1) is 28.0. The topological polar surface area (TPSA) is 86.8 Å². The largest absolute Gasteiger partial charge is 0.357 e. The van der Waals surface area contributed by atoms with E-state index in [1.54, 1.807) is 25.1 Å². The van der Waals surface area contributed by atoms with Crippen LogP contribution in [0.15, 0.2) is 82.2 Å². The smallest absolute Gasteiger partial charge is 0.264 e. The summed E-state index contributed by atoms with van der Waals surface area (Å²) in [6, 6.07) is 18.3. The molecule has 0 saturated carbocycles. The molecule has 0 aliphatic rings. The van der Waals surface area contributed by atoms with E-state index in [-0.39, 0.29) is 23.0 Å². The van der Waals surface area contributed by atoms with Gasteiger partial charge in [0.2, 0.25) is 11.8 Å². The fourth-order valence-corrected chi connectivity index (χ4v) is 5.68. The van der Waals surface area contributed by atoms with Gasteiger partial charge in [0.15, 0.2) is 0 Å². The predicted molar refractivity (Wildman–Crippen MR) is 146 cm³/mol. The Balaban J connectivity index is 2.03. The molecule has 0 saturated heterocycles. The standard InChI is InChI=1S/C25H24BrCl2N3O4S/c1-17(25(33)29-2)30(15-18-5-3-6-19(26)13-18)24(32)16-31(22-8-4-7-21(28)14-22)36(34,35)23-11-9-20(27)10-12-23/h3-14,17H,15-16H2,1-2H3,(H,29,33)/t17-/m0/s1. The van der Waals surface area contributed by atoms with Gasteiger partial charge in [0.05, 0.1) is 10.6 Å². The molecule has 0 fully saturated rings. The number of anilines is 1. The molecule has 7 nitrogen and oxygen atoms in total. The Morgan fingerprint density at radius 2 is 1.64 bits per heavy atom. The van der Waals surface area contributed by atoms with Gasteiger partial charge >= 0.3 is 0 Å². The second-order valence-electron chi connectivity index (χ2n) is 7.89. The Labute approximate surface area is 229 Å². The van der Waals surface area contributed by atoms with E-state index >= 15 is 0 Å². The van der Waals surface area contributed by atoms with Crippen LogP contribution in [-0.4, -0.2) is 44.8 Å². The molecule has 0 bridgehead atoms. The lowest BCUT2D eigenvalue weighted by Gasteiger charge is -2.31. The number of halogens is 3. The van der Waals surface area contributed by atoms with E-state index in [2.05, 4.69) is 21.2 Å². The van der Waals surface area contributed by atoms with Crippen LogP contribution in [0, 0.1) is 0 Å². The van der Waals surface area contributed by atoms with Gasteiger partial charge in [0, 0.05) is 28.1 Å². The van der Waals surface area contributed by atoms with E-state index in [0.29, 0.717) is 10.0 Å². The number of nitrogens with one attached hydrogen (secondary N) is 1. The average Bonchev–Trinajstić information content (AvgIpc) is 2.85. The normalized spacial score (nSPS) is 12.0. The van der Waals surface area contributed by atoms with Crippen LogP contribution >= 0.6 is 39.1 Å². The van der Waals surface area contributed by atoms with Crippen molar-refractivity contribution < 1.29 is 18.0 Å². The maximum absolute atomic E-state index is 13.7. The number of carbonyl (C=O) groups is 2. The Morgan fingerprint density at radius 3 is 2.25 bits per heavy atom. The molecule has 0 radical (unpaired) electrons. The van der Waals surface area contributed by atoms with Crippen LogP contribution in [0.2, 0.25) is 10.0 Å². The van der Waals surface area contributed by atoms with Gasteiger partial charge in [-0.05, 0) is 67.1 Å². The second-order valence-corrected chi connectivity index (χ2v) is 11.5. The van der Waals surface area contributed by atoms with Crippen LogP contribution in [0.3, 0.4) is 0 Å². The molecular formula is C25H24BrCl2N3O4S. The molecule has 0 aliphatic carbocycles. The minimum atomic E-state index is -4.19. The molecule has 2 amide bonds. The van der Waals surface area contributed by atoms with Crippen LogP contribution in [0.5, 0.6) is 0 Å². The average molecular weight is 613 g/mol. The maximum Gasteiger partial charge on any atom is 0.264 e. The molecule has 3 aromatic rings. The molecule has 1 N–H and O–H groups in total. The summed E-state index contributed by atoms with van der Waals surface area (Å²) in [7, 11) is -2.71. The highest BCUT2D eigenvalue weighted by atomic mass is 79.9. The van der Waals surface area contributed by atoms with Gasteiger partial charge < -0.3 is 10.2 Å². The Bertz CT molecular complexity index is 1350. The molecular weight excluding hydrogens is 589 g/mol. The van der Waals surface area contributed by atoms with Gasteiger partial charge in [-0.3, -0.25) is 13.9 Å². The first-order chi connectivity index (χ1) is 17.0. The van der Waals surface area contributed by atoms with Crippen LogP contribution in [0.1, 0.15) is 12.5 Å². The van der Waals surface area contributed by atoms with Gasteiger partial charge in [0.1, 0.15) is 12.6 Å². The number of amides is 2. The van der Waals surface area contributed by atoms with Crippen LogP contribution < -0.4 is 9.62 Å². The number of carbonyl (C=O) groups excluding carboxylic acids is 2. The third-order valence-corrected chi connectivity index (χ3v) is 8.20. The number of sulfonamides is 1. The Hall–Kier alpha value is -2.59. The van der Waals surface area contributed by atoms with Crippen molar-refractivity contribution in [3.63, 3.8) is 0 Å². The first-order valence-electron chi connectivity index (χ1n) is 10.8. The zero-order chi connectivity index (χ0) is 26.5. The van der Waals surface area contributed by atoms with E-state index in [4.69, 9.17) is 23.2 Å². The summed E-state index contributed by atoms with van der Waals surface area (Å²) in [4.78, 5) is 27.5. The number of hydrogen-bond acceptors (Lipinski definition) is 4. The van der Waals surface area contributed by atoms with Crippen molar-refractivity contribution in [3.05, 3.63) is 92.9 Å². The maximum atomic E-state index is 13.7. The first-order valence-corrected chi connectivity index (χ1v) is 13.8. The SMILES string of the molecule is CNC(=O)[C@H](C)N(Cc1cccc(Br)c1)C(=O)CN(c1cccc(Cl)c1)S(=O)(=O)c1ccc(Cl)cc1. The molecule has 0 aromatic heterocycles. The van der Waals surface area contributed by atoms with Crippen LogP contribution in [-0.2, 0) is 26.2 Å². The third-order valence-electron chi connectivity index (χ3n) is 5.43. The second kappa shape index (κ2) is 12.1. The molecule has 0 heterocycles. The Morgan fingerprint density at radius 1 is 0.972 bits per heavy atom. The summed E-state index contributed by atoms with van der Waals surface area (Å²) in [5.41, 5.74) is 0.976. The number of rotatable bonds is 9. The highest BCUT2D eigenvalue weighted by Gasteiger charge is 2.32. The van der Waals surface area contributed by atoms with Crippen molar-refractivity contribution in [2.75, 3.05) is 17.9 Å².